The van der Waals surface area contributed by atoms with E-state index in [0.717, 1.165) is 5.56 Å². The molecule has 0 radical (unpaired) electrons. The molecule has 2 N–H and O–H groups in total. The Morgan fingerprint density at radius 3 is 2.78 bits per heavy atom. The largest absolute Gasteiger partial charge is 0.393 e. The topological polar surface area (TPSA) is 59.2 Å². The minimum absolute atomic E-state index is 0.00733. The highest BCUT2D eigenvalue weighted by Gasteiger charge is 2.20. The van der Waals surface area contributed by atoms with Crippen molar-refractivity contribution in [3.05, 3.63) is 29.6 Å². The predicted molar refractivity (Wildman–Crippen MR) is 76.5 cm³/mol. The van der Waals surface area contributed by atoms with Crippen LogP contribution in [0.1, 0.15) is 29.9 Å². The van der Waals surface area contributed by atoms with E-state index in [9.17, 15) is 4.79 Å². The molecule has 1 unspecified atom stereocenters. The van der Waals surface area contributed by atoms with Crippen LogP contribution >= 0.6 is 12.2 Å². The van der Waals surface area contributed by atoms with Crippen LogP contribution in [-0.2, 0) is 0 Å². The van der Waals surface area contributed by atoms with Gasteiger partial charge in [0.15, 0.2) is 0 Å². The minimum Gasteiger partial charge on any atom is -0.393 e. The van der Waals surface area contributed by atoms with Crippen molar-refractivity contribution >= 4 is 23.1 Å². The SMILES string of the molecule is CCN(CC(C)C(N)=S)C(=O)c1ncccc1C. The molecule has 0 aromatic carbocycles. The molecule has 0 fully saturated rings. The average molecular weight is 265 g/mol. The number of nitrogens with two attached hydrogens (primary N) is 1. The Balaban J connectivity index is 2.86. The van der Waals surface area contributed by atoms with Crippen molar-refractivity contribution in [2.45, 2.75) is 20.8 Å². The van der Waals surface area contributed by atoms with Crippen LogP contribution in [0.2, 0.25) is 0 Å². The van der Waals surface area contributed by atoms with Gasteiger partial charge in [-0.15, -0.1) is 0 Å². The summed E-state index contributed by atoms with van der Waals surface area (Å²) in [6, 6.07) is 3.70. The van der Waals surface area contributed by atoms with Gasteiger partial charge in [0.05, 0.1) is 4.99 Å². The second-order valence-electron chi connectivity index (χ2n) is 4.32. The highest BCUT2D eigenvalue weighted by atomic mass is 32.1. The third-order valence-corrected chi connectivity index (χ3v) is 3.26. The summed E-state index contributed by atoms with van der Waals surface area (Å²) in [5.74, 6) is -0.0633. The summed E-state index contributed by atoms with van der Waals surface area (Å²) >= 11 is 4.94. The monoisotopic (exact) mass is 265 g/mol. The van der Waals surface area contributed by atoms with Crippen molar-refractivity contribution in [3.8, 4) is 0 Å². The second kappa shape index (κ2) is 6.44. The molecule has 0 spiro atoms. The number of amides is 1. The fourth-order valence-corrected chi connectivity index (χ4v) is 1.71. The zero-order chi connectivity index (χ0) is 13.7. The van der Waals surface area contributed by atoms with Crippen molar-refractivity contribution in [3.63, 3.8) is 0 Å². The van der Waals surface area contributed by atoms with Crippen molar-refractivity contribution < 1.29 is 4.79 Å². The molecule has 1 aromatic heterocycles. The van der Waals surface area contributed by atoms with E-state index in [0.29, 0.717) is 23.8 Å². The molecular weight excluding hydrogens is 246 g/mol. The highest BCUT2D eigenvalue weighted by Crippen LogP contribution is 2.09. The average Bonchev–Trinajstić information content (AvgIpc) is 2.35. The Hall–Kier alpha value is -1.49. The van der Waals surface area contributed by atoms with Crippen LogP contribution in [0.5, 0.6) is 0 Å². The van der Waals surface area contributed by atoms with E-state index in [4.69, 9.17) is 18.0 Å². The summed E-state index contributed by atoms with van der Waals surface area (Å²) in [5.41, 5.74) is 6.96. The lowest BCUT2D eigenvalue weighted by Gasteiger charge is -2.24. The fourth-order valence-electron chi connectivity index (χ4n) is 1.64. The normalized spacial score (nSPS) is 11.9. The van der Waals surface area contributed by atoms with E-state index in [-0.39, 0.29) is 11.8 Å². The summed E-state index contributed by atoms with van der Waals surface area (Å²) in [6.45, 7) is 6.87. The molecule has 1 atom stereocenters. The molecule has 1 rings (SSSR count). The molecule has 4 nitrogen and oxygen atoms in total. The molecule has 0 aliphatic heterocycles. The van der Waals surface area contributed by atoms with E-state index >= 15 is 0 Å². The molecule has 1 heterocycles. The Morgan fingerprint density at radius 2 is 2.28 bits per heavy atom. The number of hydrogen-bond donors (Lipinski definition) is 1. The second-order valence-corrected chi connectivity index (χ2v) is 4.79. The van der Waals surface area contributed by atoms with Crippen LogP contribution in [0.4, 0.5) is 0 Å². The Labute approximate surface area is 113 Å². The van der Waals surface area contributed by atoms with Gasteiger partial charge in [-0.3, -0.25) is 9.78 Å². The van der Waals surface area contributed by atoms with Gasteiger partial charge in [0.1, 0.15) is 5.69 Å². The highest BCUT2D eigenvalue weighted by molar-refractivity contribution is 7.80. The van der Waals surface area contributed by atoms with E-state index in [1.165, 1.54) is 0 Å². The number of aryl methyl sites for hydroxylation is 1. The number of carbonyl (C=O) groups is 1. The van der Waals surface area contributed by atoms with Crippen LogP contribution in [0.3, 0.4) is 0 Å². The summed E-state index contributed by atoms with van der Waals surface area (Å²) in [4.78, 5) is 18.6. The van der Waals surface area contributed by atoms with Gasteiger partial charge in [0.2, 0.25) is 0 Å². The van der Waals surface area contributed by atoms with Crippen molar-refractivity contribution in [1.29, 1.82) is 0 Å². The Morgan fingerprint density at radius 1 is 1.61 bits per heavy atom. The lowest BCUT2D eigenvalue weighted by atomic mass is 10.1. The standard InChI is InChI=1S/C13H19N3OS/c1-4-16(8-10(3)12(14)18)13(17)11-9(2)6-5-7-15-11/h5-7,10H,4,8H2,1-3H3,(H2,14,18). The minimum atomic E-state index is -0.0706. The first kappa shape index (κ1) is 14.6. The van der Waals surface area contributed by atoms with Crippen LogP contribution in [0.25, 0.3) is 0 Å². The first-order valence-electron chi connectivity index (χ1n) is 5.97. The number of hydrogen-bond acceptors (Lipinski definition) is 3. The number of nitrogens with zero attached hydrogens (tertiary/aromatic N) is 2. The van der Waals surface area contributed by atoms with E-state index in [1.54, 1.807) is 11.1 Å². The maximum atomic E-state index is 12.3. The molecule has 98 valence electrons. The predicted octanol–water partition coefficient (Wildman–Crippen LogP) is 1.77. The van der Waals surface area contributed by atoms with Crippen LogP contribution < -0.4 is 5.73 Å². The molecule has 0 saturated carbocycles. The van der Waals surface area contributed by atoms with Gasteiger partial charge in [0, 0.05) is 25.2 Å². The van der Waals surface area contributed by atoms with Gasteiger partial charge in [-0.2, -0.15) is 0 Å². The molecule has 0 aliphatic rings. The number of carbonyl (C=O) groups excluding carboxylic acids is 1. The first-order valence-corrected chi connectivity index (χ1v) is 6.38. The molecule has 5 heteroatoms. The number of thiocarbonyl (C=S) groups is 1. The summed E-state index contributed by atoms with van der Waals surface area (Å²) in [5, 5.41) is 0. The summed E-state index contributed by atoms with van der Waals surface area (Å²) in [7, 11) is 0. The third-order valence-electron chi connectivity index (χ3n) is 2.86. The van der Waals surface area contributed by atoms with Gasteiger partial charge in [-0.1, -0.05) is 25.2 Å². The maximum Gasteiger partial charge on any atom is 0.272 e. The lowest BCUT2D eigenvalue weighted by molar-refractivity contribution is 0.0748. The number of rotatable bonds is 5. The number of pyridine rings is 1. The first-order chi connectivity index (χ1) is 8.47. The van der Waals surface area contributed by atoms with Gasteiger partial charge in [0.25, 0.3) is 5.91 Å². The van der Waals surface area contributed by atoms with E-state index in [1.807, 2.05) is 32.9 Å². The van der Waals surface area contributed by atoms with Crippen molar-refractivity contribution in [2.24, 2.45) is 11.7 Å². The summed E-state index contributed by atoms with van der Waals surface area (Å²) < 4.78 is 0. The molecule has 0 aliphatic carbocycles. The van der Waals surface area contributed by atoms with Crippen molar-refractivity contribution in [1.82, 2.24) is 9.88 Å². The third kappa shape index (κ3) is 3.50. The Kier molecular flexibility index (Phi) is 5.22. The van der Waals surface area contributed by atoms with Crippen molar-refractivity contribution in [2.75, 3.05) is 13.1 Å². The molecule has 1 aromatic rings. The zero-order valence-corrected chi connectivity index (χ0v) is 11.8. The van der Waals surface area contributed by atoms with Gasteiger partial charge < -0.3 is 10.6 Å². The summed E-state index contributed by atoms with van der Waals surface area (Å²) in [6.07, 6.45) is 1.63. The Bertz CT molecular complexity index is 448. The smallest absolute Gasteiger partial charge is 0.272 e. The maximum absolute atomic E-state index is 12.3. The fraction of sp³-hybridized carbons (Fsp3) is 0.462. The molecule has 0 bridgehead atoms. The van der Waals surface area contributed by atoms with E-state index in [2.05, 4.69) is 4.98 Å². The van der Waals surface area contributed by atoms with Gasteiger partial charge >= 0.3 is 0 Å². The lowest BCUT2D eigenvalue weighted by Crippen LogP contribution is -2.38. The molecule has 18 heavy (non-hydrogen) atoms. The van der Waals surface area contributed by atoms with Crippen LogP contribution in [-0.4, -0.2) is 33.9 Å². The van der Waals surface area contributed by atoms with Gasteiger partial charge in [-0.25, -0.2) is 0 Å². The molecule has 0 saturated heterocycles. The molecular formula is C13H19N3OS. The van der Waals surface area contributed by atoms with Crippen LogP contribution in [0.15, 0.2) is 18.3 Å². The van der Waals surface area contributed by atoms with Crippen LogP contribution in [0, 0.1) is 12.8 Å². The quantitative estimate of drug-likeness (QED) is 0.824. The molecule has 1 amide bonds. The number of aromatic nitrogens is 1. The van der Waals surface area contributed by atoms with E-state index < -0.39 is 0 Å². The zero-order valence-electron chi connectivity index (χ0n) is 11.0. The van der Waals surface area contributed by atoms with Gasteiger partial charge in [-0.05, 0) is 25.5 Å².